The molecule has 0 radical (unpaired) electrons. The topological polar surface area (TPSA) is 49.7 Å². The van der Waals surface area contributed by atoms with Crippen molar-refractivity contribution in [2.45, 2.75) is 6.42 Å². The molecule has 0 atom stereocenters. The second-order valence-electron chi connectivity index (χ2n) is 3.09. The monoisotopic (exact) mass is 187 g/mol. The third-order valence-electron chi connectivity index (χ3n) is 2.22. The Morgan fingerprint density at radius 1 is 1.14 bits per heavy atom. The zero-order chi connectivity index (χ0) is 9.97. The van der Waals surface area contributed by atoms with Crippen molar-refractivity contribution in [1.29, 1.82) is 0 Å². The van der Waals surface area contributed by atoms with Crippen LogP contribution in [0.5, 0.6) is 0 Å². The second-order valence-corrected chi connectivity index (χ2v) is 3.09. The molecule has 2 aliphatic carbocycles. The van der Waals surface area contributed by atoms with Crippen LogP contribution >= 0.6 is 0 Å². The molecule has 0 fully saturated rings. The Morgan fingerprint density at radius 3 is 2.57 bits per heavy atom. The summed E-state index contributed by atoms with van der Waals surface area (Å²) in [4.78, 5) is 11.6. The lowest BCUT2D eigenvalue weighted by Crippen LogP contribution is -2.07. The predicted octanol–water partition coefficient (Wildman–Crippen LogP) is 1.77. The number of oxime groups is 1. The molecule has 70 valence electrons. The largest absolute Gasteiger partial charge is 0.411 e. The lowest BCUT2D eigenvalue weighted by atomic mass is 10.1. The zero-order valence-electron chi connectivity index (χ0n) is 7.47. The number of ketones is 1. The zero-order valence-corrected chi connectivity index (χ0v) is 7.47. The Hall–Kier alpha value is -1.90. The molecule has 1 N–H and O–H groups in total. The molecular formula is C11H9NO2. The van der Waals surface area contributed by atoms with Crippen molar-refractivity contribution < 1.29 is 10.0 Å². The van der Waals surface area contributed by atoms with E-state index in [1.54, 1.807) is 12.2 Å². The Balaban J connectivity index is 2.44. The quantitative estimate of drug-likeness (QED) is 0.464. The predicted molar refractivity (Wildman–Crippen MR) is 53.3 cm³/mol. The van der Waals surface area contributed by atoms with Gasteiger partial charge in [-0.05, 0) is 5.57 Å². The second kappa shape index (κ2) is 3.46. The van der Waals surface area contributed by atoms with Crippen molar-refractivity contribution in [3.8, 4) is 0 Å². The van der Waals surface area contributed by atoms with Crippen LogP contribution in [-0.4, -0.2) is 16.7 Å². The van der Waals surface area contributed by atoms with Gasteiger partial charge in [-0.3, -0.25) is 4.79 Å². The molecule has 3 heteroatoms. The molecule has 14 heavy (non-hydrogen) atoms. The van der Waals surface area contributed by atoms with E-state index in [-0.39, 0.29) is 11.5 Å². The summed E-state index contributed by atoms with van der Waals surface area (Å²) >= 11 is 0. The van der Waals surface area contributed by atoms with E-state index in [0.29, 0.717) is 12.0 Å². The molecule has 0 saturated carbocycles. The number of carbonyl (C=O) groups is 1. The lowest BCUT2D eigenvalue weighted by molar-refractivity contribution is -0.109. The van der Waals surface area contributed by atoms with Crippen LogP contribution in [-0.2, 0) is 4.79 Å². The highest BCUT2D eigenvalue weighted by molar-refractivity contribution is 6.49. The Bertz CT molecular complexity index is 423. The van der Waals surface area contributed by atoms with Gasteiger partial charge in [0.05, 0.1) is 0 Å². The molecule has 0 aromatic heterocycles. The highest BCUT2D eigenvalue weighted by Gasteiger charge is 2.26. The smallest absolute Gasteiger partial charge is 0.211 e. The minimum absolute atomic E-state index is 0.182. The van der Waals surface area contributed by atoms with E-state index in [1.165, 1.54) is 0 Å². The molecule has 0 saturated heterocycles. The van der Waals surface area contributed by atoms with Gasteiger partial charge in [-0.2, -0.15) is 0 Å². The maximum Gasteiger partial charge on any atom is 0.211 e. The summed E-state index contributed by atoms with van der Waals surface area (Å²) in [6, 6.07) is 0. The summed E-state index contributed by atoms with van der Waals surface area (Å²) in [5.41, 5.74) is 1.74. The summed E-state index contributed by atoms with van der Waals surface area (Å²) < 4.78 is 0. The molecule has 2 rings (SSSR count). The van der Waals surface area contributed by atoms with Gasteiger partial charge in [0.1, 0.15) is 5.71 Å². The van der Waals surface area contributed by atoms with Crippen molar-refractivity contribution in [3.63, 3.8) is 0 Å². The molecule has 3 nitrogen and oxygen atoms in total. The fourth-order valence-corrected chi connectivity index (χ4v) is 1.52. The van der Waals surface area contributed by atoms with Crippen molar-refractivity contribution >= 4 is 11.5 Å². The summed E-state index contributed by atoms with van der Waals surface area (Å²) in [5.74, 6) is -0.182. The van der Waals surface area contributed by atoms with E-state index in [9.17, 15) is 4.79 Å². The van der Waals surface area contributed by atoms with Crippen LogP contribution in [0.1, 0.15) is 6.42 Å². The van der Waals surface area contributed by atoms with Gasteiger partial charge in [0.2, 0.25) is 5.78 Å². The Labute approximate surface area is 81.4 Å². The van der Waals surface area contributed by atoms with Crippen LogP contribution in [0.15, 0.2) is 52.8 Å². The summed E-state index contributed by atoms with van der Waals surface area (Å²) in [7, 11) is 0. The number of allylic oxidation sites excluding steroid dienone is 8. The molecule has 0 aromatic carbocycles. The van der Waals surface area contributed by atoms with Gasteiger partial charge in [0, 0.05) is 12.0 Å². The van der Waals surface area contributed by atoms with E-state index in [4.69, 9.17) is 5.21 Å². The van der Waals surface area contributed by atoms with Crippen LogP contribution < -0.4 is 0 Å². The minimum Gasteiger partial charge on any atom is -0.411 e. The lowest BCUT2D eigenvalue weighted by Gasteiger charge is -1.94. The van der Waals surface area contributed by atoms with Crippen LogP contribution in [0.3, 0.4) is 0 Å². The van der Waals surface area contributed by atoms with E-state index >= 15 is 0 Å². The number of Topliss-reactive ketones (excluding diaryl/α,β-unsaturated/α-hetero) is 1. The first-order chi connectivity index (χ1) is 6.83. The van der Waals surface area contributed by atoms with E-state index in [0.717, 1.165) is 5.57 Å². The van der Waals surface area contributed by atoms with Gasteiger partial charge >= 0.3 is 0 Å². The fourth-order valence-electron chi connectivity index (χ4n) is 1.52. The molecule has 0 heterocycles. The first kappa shape index (κ1) is 8.69. The number of rotatable bonds is 0. The fraction of sp³-hybridized carbons (Fsp3) is 0.0909. The average Bonchev–Trinajstić information content (AvgIpc) is 2.42. The van der Waals surface area contributed by atoms with Crippen LogP contribution in [0.2, 0.25) is 0 Å². The van der Waals surface area contributed by atoms with Crippen molar-refractivity contribution in [2.75, 3.05) is 0 Å². The minimum atomic E-state index is -0.182. The van der Waals surface area contributed by atoms with Crippen molar-refractivity contribution in [1.82, 2.24) is 0 Å². The third-order valence-corrected chi connectivity index (χ3v) is 2.22. The van der Waals surface area contributed by atoms with E-state index in [2.05, 4.69) is 5.16 Å². The molecule has 0 unspecified atom stereocenters. The number of hydrogen-bond donors (Lipinski definition) is 1. The van der Waals surface area contributed by atoms with Crippen molar-refractivity contribution in [2.24, 2.45) is 5.16 Å². The molecule has 0 spiro atoms. The van der Waals surface area contributed by atoms with Gasteiger partial charge < -0.3 is 5.21 Å². The SMILES string of the molecule is O=C1C2=C(\C=C/C=C\C=C/2)C/C1=N/O. The summed E-state index contributed by atoms with van der Waals surface area (Å²) in [5, 5.41) is 11.6. The standard InChI is InChI=1S/C11H9NO2/c13-11-9-6-4-2-1-3-5-8(9)7-10(11)12-14/h1-6,14H,7H2/b2-1-,3-1?,4-2?,5-3-,6-4-,8-5?,9-6?,12-10-. The molecule has 0 amide bonds. The third kappa shape index (κ3) is 1.33. The number of carbonyl (C=O) groups excluding carboxylic acids is 1. The first-order valence-corrected chi connectivity index (χ1v) is 4.33. The molecule has 0 aromatic rings. The first-order valence-electron chi connectivity index (χ1n) is 4.33. The van der Waals surface area contributed by atoms with Crippen LogP contribution in [0, 0.1) is 0 Å². The Morgan fingerprint density at radius 2 is 1.86 bits per heavy atom. The number of nitrogens with zero attached hydrogens (tertiary/aromatic N) is 1. The summed E-state index contributed by atoms with van der Waals surface area (Å²) in [6.45, 7) is 0. The van der Waals surface area contributed by atoms with Gasteiger partial charge in [-0.25, -0.2) is 0 Å². The highest BCUT2D eigenvalue weighted by Crippen LogP contribution is 2.24. The maximum atomic E-state index is 11.6. The van der Waals surface area contributed by atoms with Gasteiger partial charge in [-0.1, -0.05) is 41.6 Å². The molecule has 0 bridgehead atoms. The highest BCUT2D eigenvalue weighted by atomic mass is 16.4. The molecule has 2 aliphatic rings. The Kier molecular flexibility index (Phi) is 2.14. The summed E-state index contributed by atoms with van der Waals surface area (Å²) in [6.07, 6.45) is 11.4. The van der Waals surface area contributed by atoms with Crippen molar-refractivity contribution in [3.05, 3.63) is 47.6 Å². The normalized spacial score (nSPS) is 29.7. The average molecular weight is 187 g/mol. The van der Waals surface area contributed by atoms with Crippen LogP contribution in [0.25, 0.3) is 0 Å². The van der Waals surface area contributed by atoms with E-state index < -0.39 is 0 Å². The molecular weight excluding hydrogens is 178 g/mol. The van der Waals surface area contributed by atoms with Gasteiger partial charge in [-0.15, -0.1) is 0 Å². The van der Waals surface area contributed by atoms with E-state index in [1.807, 2.05) is 24.3 Å². The van der Waals surface area contributed by atoms with Crippen LogP contribution in [0.4, 0.5) is 0 Å². The maximum absolute atomic E-state index is 11.6. The molecule has 0 aliphatic heterocycles. The number of hydrogen-bond acceptors (Lipinski definition) is 3. The van der Waals surface area contributed by atoms with Gasteiger partial charge in [0.15, 0.2) is 0 Å². The van der Waals surface area contributed by atoms with Gasteiger partial charge in [0.25, 0.3) is 0 Å².